The van der Waals surface area contributed by atoms with Gasteiger partial charge < -0.3 is 5.73 Å². The molecule has 0 unspecified atom stereocenters. The van der Waals surface area contributed by atoms with E-state index in [1.54, 1.807) is 19.9 Å². The molecule has 1 aromatic rings. The number of rotatable bonds is 3. The number of benzene rings is 1. The van der Waals surface area contributed by atoms with Crippen molar-refractivity contribution < 1.29 is 21.6 Å². The molecule has 1 aromatic carbocycles. The molecule has 0 amide bonds. The highest BCUT2D eigenvalue weighted by atomic mass is 32.2. The van der Waals surface area contributed by atoms with Crippen LogP contribution in [0.25, 0.3) is 0 Å². The van der Waals surface area contributed by atoms with Gasteiger partial charge in [0.2, 0.25) is 10.0 Å². The molecule has 0 saturated heterocycles. The third-order valence-electron chi connectivity index (χ3n) is 3.15. The fraction of sp³-hybridized carbons (Fsp3) is 0.500. The quantitative estimate of drug-likeness (QED) is 0.872. The zero-order valence-corrected chi connectivity index (χ0v) is 12.5. The number of halogens is 3. The topological polar surface area (TPSA) is 63.4 Å². The molecule has 0 atom stereocenters. The number of nitrogens with two attached hydrogens (primary N) is 1. The molecule has 114 valence electrons. The Kier molecular flexibility index (Phi) is 4.40. The average molecular weight is 310 g/mol. The minimum Gasteiger partial charge on any atom is -0.398 e. The van der Waals surface area contributed by atoms with Gasteiger partial charge in [0.1, 0.15) is 6.54 Å². The second-order valence-electron chi connectivity index (χ2n) is 4.74. The van der Waals surface area contributed by atoms with Crippen LogP contribution in [0.15, 0.2) is 11.0 Å². The smallest absolute Gasteiger partial charge is 0.398 e. The summed E-state index contributed by atoms with van der Waals surface area (Å²) in [6.45, 7) is 3.15. The van der Waals surface area contributed by atoms with Crippen LogP contribution in [0.3, 0.4) is 0 Å². The normalized spacial score (nSPS) is 13.0. The first-order valence-electron chi connectivity index (χ1n) is 5.77. The fourth-order valence-corrected chi connectivity index (χ4v) is 3.60. The first kappa shape index (κ1) is 16.8. The summed E-state index contributed by atoms with van der Waals surface area (Å²) in [5.41, 5.74) is 7.24. The van der Waals surface area contributed by atoms with Gasteiger partial charge in [-0.15, -0.1) is 0 Å². The first-order valence-corrected chi connectivity index (χ1v) is 7.21. The Hall–Kier alpha value is -1.28. The van der Waals surface area contributed by atoms with Crippen LogP contribution in [-0.4, -0.2) is 32.5 Å². The first-order chi connectivity index (χ1) is 8.88. The molecule has 20 heavy (non-hydrogen) atoms. The lowest BCUT2D eigenvalue weighted by atomic mass is 10.1. The lowest BCUT2D eigenvalue weighted by Gasteiger charge is -2.22. The van der Waals surface area contributed by atoms with Gasteiger partial charge in [0.05, 0.1) is 4.90 Å². The maximum Gasteiger partial charge on any atom is 0.402 e. The molecule has 0 radical (unpaired) electrons. The molecule has 0 aliphatic rings. The number of aryl methyl sites for hydroxylation is 1. The second-order valence-corrected chi connectivity index (χ2v) is 6.72. The van der Waals surface area contributed by atoms with Crippen molar-refractivity contribution in [2.24, 2.45) is 0 Å². The minimum atomic E-state index is -4.60. The molecule has 2 N–H and O–H groups in total. The van der Waals surface area contributed by atoms with Crippen LogP contribution in [-0.2, 0) is 10.0 Å². The van der Waals surface area contributed by atoms with Crippen LogP contribution in [0.1, 0.15) is 16.7 Å². The zero-order chi connectivity index (χ0) is 15.9. The maximum absolute atomic E-state index is 12.4. The van der Waals surface area contributed by atoms with Gasteiger partial charge in [-0.1, -0.05) is 0 Å². The maximum atomic E-state index is 12.4. The number of nitrogens with zero attached hydrogens (tertiary/aromatic N) is 1. The van der Waals surface area contributed by atoms with Crippen LogP contribution in [0, 0.1) is 20.8 Å². The molecule has 0 saturated carbocycles. The molecule has 0 bridgehead atoms. The highest BCUT2D eigenvalue weighted by molar-refractivity contribution is 7.89. The molecule has 0 spiro atoms. The van der Waals surface area contributed by atoms with Gasteiger partial charge in [0.25, 0.3) is 0 Å². The van der Waals surface area contributed by atoms with Crippen LogP contribution in [0.5, 0.6) is 0 Å². The summed E-state index contributed by atoms with van der Waals surface area (Å²) >= 11 is 0. The van der Waals surface area contributed by atoms with Crippen LogP contribution < -0.4 is 5.73 Å². The summed E-state index contributed by atoms with van der Waals surface area (Å²) in [7, 11) is -3.34. The Morgan fingerprint density at radius 3 is 2.15 bits per heavy atom. The van der Waals surface area contributed by atoms with Gasteiger partial charge in [-0.05, 0) is 43.5 Å². The molecule has 0 aliphatic carbocycles. The summed E-state index contributed by atoms with van der Waals surface area (Å²) < 4.78 is 62.1. The molecule has 1 rings (SSSR count). The van der Waals surface area contributed by atoms with Crippen molar-refractivity contribution in [1.29, 1.82) is 0 Å². The lowest BCUT2D eigenvalue weighted by molar-refractivity contribution is -0.134. The molecule has 8 heteroatoms. The molecular formula is C12H17F3N2O2S. The fourth-order valence-electron chi connectivity index (χ4n) is 1.92. The van der Waals surface area contributed by atoms with Gasteiger partial charge >= 0.3 is 6.18 Å². The number of hydrogen-bond acceptors (Lipinski definition) is 3. The van der Waals surface area contributed by atoms with Crippen molar-refractivity contribution in [3.63, 3.8) is 0 Å². The SMILES string of the molecule is Cc1cc(N)c(C)c(S(=O)(=O)N(C)CC(F)(F)F)c1C. The van der Waals surface area contributed by atoms with E-state index in [9.17, 15) is 21.6 Å². The summed E-state index contributed by atoms with van der Waals surface area (Å²) in [5.74, 6) is 0. The van der Waals surface area contributed by atoms with Gasteiger partial charge in [-0.2, -0.15) is 17.5 Å². The third-order valence-corrected chi connectivity index (χ3v) is 5.23. The van der Waals surface area contributed by atoms with E-state index < -0.39 is 22.7 Å². The van der Waals surface area contributed by atoms with E-state index in [1.165, 1.54) is 6.92 Å². The van der Waals surface area contributed by atoms with E-state index in [0.717, 1.165) is 7.05 Å². The zero-order valence-electron chi connectivity index (χ0n) is 11.7. The summed E-state index contributed by atoms with van der Waals surface area (Å²) in [6.07, 6.45) is -4.60. The van der Waals surface area contributed by atoms with Crippen LogP contribution >= 0.6 is 0 Å². The van der Waals surface area contributed by atoms with Gasteiger partial charge in [-0.3, -0.25) is 0 Å². The highest BCUT2D eigenvalue weighted by Crippen LogP contribution is 2.30. The van der Waals surface area contributed by atoms with E-state index in [2.05, 4.69) is 0 Å². The monoisotopic (exact) mass is 310 g/mol. The standard InChI is InChI=1S/C12H17F3N2O2S/c1-7-5-10(16)9(3)11(8(7)2)20(18,19)17(4)6-12(13,14)15/h5H,6,16H2,1-4H3. The Balaban J connectivity index is 3.44. The number of sulfonamides is 1. The number of hydrogen-bond donors (Lipinski definition) is 1. The Bertz CT molecular complexity index is 598. The van der Waals surface area contributed by atoms with Crippen LogP contribution in [0.4, 0.5) is 18.9 Å². The van der Waals surface area contributed by atoms with Crippen molar-refractivity contribution in [2.75, 3.05) is 19.3 Å². The molecule has 0 aromatic heterocycles. The van der Waals surface area contributed by atoms with Gasteiger partial charge in [0, 0.05) is 12.7 Å². The van der Waals surface area contributed by atoms with E-state index >= 15 is 0 Å². The van der Waals surface area contributed by atoms with Crippen molar-refractivity contribution in [2.45, 2.75) is 31.8 Å². The Morgan fingerprint density at radius 2 is 1.70 bits per heavy atom. The summed E-state index contributed by atoms with van der Waals surface area (Å²) in [5, 5.41) is 0. The molecule has 4 nitrogen and oxygen atoms in total. The lowest BCUT2D eigenvalue weighted by Crippen LogP contribution is -2.36. The highest BCUT2D eigenvalue weighted by Gasteiger charge is 2.36. The van der Waals surface area contributed by atoms with Crippen LogP contribution in [0.2, 0.25) is 0 Å². The molecule has 0 aliphatic heterocycles. The minimum absolute atomic E-state index is 0.151. The number of alkyl halides is 3. The van der Waals surface area contributed by atoms with E-state index in [0.29, 0.717) is 15.4 Å². The van der Waals surface area contributed by atoms with E-state index in [1.807, 2.05) is 0 Å². The number of anilines is 1. The van der Waals surface area contributed by atoms with E-state index in [-0.39, 0.29) is 16.1 Å². The predicted octanol–water partition coefficient (Wildman–Crippen LogP) is 2.38. The second kappa shape index (κ2) is 5.25. The largest absolute Gasteiger partial charge is 0.402 e. The van der Waals surface area contributed by atoms with Crippen molar-refractivity contribution in [1.82, 2.24) is 4.31 Å². The van der Waals surface area contributed by atoms with Crippen molar-refractivity contribution >= 4 is 15.7 Å². The predicted molar refractivity (Wildman–Crippen MR) is 70.9 cm³/mol. The average Bonchev–Trinajstić information content (AvgIpc) is 2.24. The number of nitrogen functional groups attached to an aromatic ring is 1. The molecule has 0 heterocycles. The van der Waals surface area contributed by atoms with Gasteiger partial charge in [-0.25, -0.2) is 8.42 Å². The van der Waals surface area contributed by atoms with E-state index in [4.69, 9.17) is 5.73 Å². The van der Waals surface area contributed by atoms with Crippen molar-refractivity contribution in [3.8, 4) is 0 Å². The Morgan fingerprint density at radius 1 is 1.20 bits per heavy atom. The third kappa shape index (κ3) is 3.24. The summed E-state index contributed by atoms with van der Waals surface area (Å²) in [4.78, 5) is -0.151. The van der Waals surface area contributed by atoms with Crippen molar-refractivity contribution in [3.05, 3.63) is 22.8 Å². The Labute approximate surface area is 116 Å². The van der Waals surface area contributed by atoms with Gasteiger partial charge in [0.15, 0.2) is 0 Å². The molecular weight excluding hydrogens is 293 g/mol. The molecule has 0 fully saturated rings. The summed E-state index contributed by atoms with van der Waals surface area (Å²) in [6, 6.07) is 1.60.